The van der Waals surface area contributed by atoms with Crippen molar-refractivity contribution in [2.24, 2.45) is 5.73 Å². The first kappa shape index (κ1) is 13.7. The van der Waals surface area contributed by atoms with Gasteiger partial charge >= 0.3 is 0 Å². The number of thioether (sulfide) groups is 1. The van der Waals surface area contributed by atoms with Crippen molar-refractivity contribution in [3.63, 3.8) is 0 Å². The monoisotopic (exact) mass is 321 g/mol. The number of nitrogens with two attached hydrogens (primary N) is 1. The van der Waals surface area contributed by atoms with Crippen LogP contribution < -0.4 is 5.73 Å². The Hall–Kier alpha value is -0.770. The highest BCUT2D eigenvalue weighted by Crippen LogP contribution is 2.26. The molecule has 0 radical (unpaired) electrons. The zero-order valence-corrected chi connectivity index (χ0v) is 12.7. The molecule has 0 aliphatic heterocycles. The van der Waals surface area contributed by atoms with Crippen molar-refractivity contribution in [1.82, 2.24) is 0 Å². The maximum atomic E-state index is 5.89. The fraction of sp³-hybridized carbons (Fsp3) is 0.200. The molecule has 2 N–H and O–H groups in total. The van der Waals surface area contributed by atoms with E-state index in [4.69, 9.17) is 5.73 Å². The van der Waals surface area contributed by atoms with E-state index >= 15 is 0 Å². The van der Waals surface area contributed by atoms with Crippen LogP contribution in [0, 0.1) is 0 Å². The van der Waals surface area contributed by atoms with Crippen LogP contribution >= 0.6 is 27.7 Å². The predicted octanol–water partition coefficient (Wildman–Crippen LogP) is 4.76. The van der Waals surface area contributed by atoms with E-state index in [1.165, 1.54) is 16.0 Å². The van der Waals surface area contributed by atoms with Gasteiger partial charge in [0.2, 0.25) is 0 Å². The molecule has 18 heavy (non-hydrogen) atoms. The molecule has 0 spiro atoms. The van der Waals surface area contributed by atoms with Gasteiger partial charge in [-0.05, 0) is 42.3 Å². The zero-order valence-electron chi connectivity index (χ0n) is 10.3. The van der Waals surface area contributed by atoms with Crippen molar-refractivity contribution >= 4 is 27.7 Å². The molecule has 0 amide bonds. The van der Waals surface area contributed by atoms with Gasteiger partial charge in [0, 0.05) is 21.2 Å². The van der Waals surface area contributed by atoms with Gasteiger partial charge in [-0.2, -0.15) is 0 Å². The molecule has 94 valence electrons. The largest absolute Gasteiger partial charge is 0.324 e. The molecule has 0 aliphatic carbocycles. The maximum Gasteiger partial charge on any atom is 0.0266 e. The molecule has 2 aromatic rings. The topological polar surface area (TPSA) is 26.0 Å². The molecule has 0 bridgehead atoms. The molecule has 2 rings (SSSR count). The van der Waals surface area contributed by atoms with E-state index < -0.39 is 0 Å². The predicted molar refractivity (Wildman–Crippen MR) is 82.7 cm³/mol. The van der Waals surface area contributed by atoms with Crippen LogP contribution in [0.4, 0.5) is 0 Å². The normalized spacial score (nSPS) is 12.4. The fourth-order valence-corrected chi connectivity index (χ4v) is 3.03. The van der Waals surface area contributed by atoms with Crippen molar-refractivity contribution < 1.29 is 0 Å². The Balaban J connectivity index is 2.04. The average molecular weight is 322 g/mol. The van der Waals surface area contributed by atoms with Gasteiger partial charge in [0.15, 0.2) is 0 Å². The van der Waals surface area contributed by atoms with Gasteiger partial charge in [0.1, 0.15) is 0 Å². The quantitative estimate of drug-likeness (QED) is 0.821. The second-order valence-electron chi connectivity index (χ2n) is 4.28. The lowest BCUT2D eigenvalue weighted by Gasteiger charge is -2.08. The lowest BCUT2D eigenvalue weighted by Crippen LogP contribution is -2.04. The Kier molecular flexibility index (Phi) is 4.87. The molecule has 2 aromatic carbocycles. The second-order valence-corrected chi connectivity index (χ2v) is 6.24. The number of benzene rings is 2. The van der Waals surface area contributed by atoms with Crippen molar-refractivity contribution in [1.29, 1.82) is 0 Å². The van der Waals surface area contributed by atoms with Crippen LogP contribution in [0.25, 0.3) is 0 Å². The summed E-state index contributed by atoms with van der Waals surface area (Å²) in [5.41, 5.74) is 8.40. The highest BCUT2D eigenvalue weighted by Gasteiger charge is 2.02. The molecule has 0 saturated heterocycles. The Morgan fingerprint density at radius 1 is 1.17 bits per heavy atom. The second kappa shape index (κ2) is 6.41. The Bertz CT molecular complexity index is 525. The average Bonchev–Trinajstić information content (AvgIpc) is 2.37. The van der Waals surface area contributed by atoms with E-state index in [-0.39, 0.29) is 6.04 Å². The van der Waals surface area contributed by atoms with Crippen LogP contribution in [0.2, 0.25) is 0 Å². The summed E-state index contributed by atoms with van der Waals surface area (Å²) >= 11 is 5.33. The van der Waals surface area contributed by atoms with E-state index in [1.54, 1.807) is 0 Å². The SMILES string of the molecule is CC(N)c1cccc(SCc2cccc(Br)c2)c1. The van der Waals surface area contributed by atoms with Crippen LogP contribution in [0.1, 0.15) is 24.1 Å². The molecule has 0 saturated carbocycles. The Morgan fingerprint density at radius 3 is 2.67 bits per heavy atom. The van der Waals surface area contributed by atoms with Crippen molar-refractivity contribution in [3.8, 4) is 0 Å². The standard InChI is InChI=1S/C15H16BrNS/c1-11(17)13-5-3-7-15(9-13)18-10-12-4-2-6-14(16)8-12/h2-9,11H,10,17H2,1H3. The molecule has 0 aliphatic rings. The number of halogens is 1. The summed E-state index contributed by atoms with van der Waals surface area (Å²) in [7, 11) is 0. The Labute approximate surface area is 121 Å². The van der Waals surface area contributed by atoms with E-state index in [0.29, 0.717) is 0 Å². The van der Waals surface area contributed by atoms with Gasteiger partial charge < -0.3 is 5.73 Å². The van der Waals surface area contributed by atoms with Gasteiger partial charge in [-0.15, -0.1) is 11.8 Å². The van der Waals surface area contributed by atoms with E-state index in [1.807, 2.05) is 24.8 Å². The number of hydrogen-bond acceptors (Lipinski definition) is 2. The van der Waals surface area contributed by atoms with Gasteiger partial charge in [0.25, 0.3) is 0 Å². The molecule has 1 nitrogen and oxygen atoms in total. The molecule has 0 aromatic heterocycles. The maximum absolute atomic E-state index is 5.89. The number of rotatable bonds is 4. The molecule has 1 unspecified atom stereocenters. The summed E-state index contributed by atoms with van der Waals surface area (Å²) in [5, 5.41) is 0. The highest BCUT2D eigenvalue weighted by molar-refractivity contribution is 9.10. The fourth-order valence-electron chi connectivity index (χ4n) is 1.68. The molecule has 3 heteroatoms. The molecular formula is C15H16BrNS. The summed E-state index contributed by atoms with van der Waals surface area (Å²) in [5.74, 6) is 0.974. The van der Waals surface area contributed by atoms with Crippen LogP contribution in [-0.4, -0.2) is 0 Å². The summed E-state index contributed by atoms with van der Waals surface area (Å²) in [6.45, 7) is 2.01. The first-order valence-electron chi connectivity index (χ1n) is 5.88. The minimum atomic E-state index is 0.0939. The lowest BCUT2D eigenvalue weighted by atomic mass is 10.1. The summed E-state index contributed by atoms with van der Waals surface area (Å²) < 4.78 is 1.13. The smallest absolute Gasteiger partial charge is 0.0266 e. The van der Waals surface area contributed by atoms with Crippen LogP contribution in [0.5, 0.6) is 0 Å². The van der Waals surface area contributed by atoms with Gasteiger partial charge in [-0.1, -0.05) is 40.2 Å². The Morgan fingerprint density at radius 2 is 1.94 bits per heavy atom. The van der Waals surface area contributed by atoms with Gasteiger partial charge in [0.05, 0.1) is 0 Å². The lowest BCUT2D eigenvalue weighted by molar-refractivity contribution is 0.815. The third-order valence-electron chi connectivity index (χ3n) is 2.68. The summed E-state index contributed by atoms with van der Waals surface area (Å²) in [6, 6.07) is 17.0. The van der Waals surface area contributed by atoms with Crippen molar-refractivity contribution in [3.05, 3.63) is 64.1 Å². The molecule has 0 heterocycles. The highest BCUT2D eigenvalue weighted by atomic mass is 79.9. The third-order valence-corrected chi connectivity index (χ3v) is 4.24. The molecular weight excluding hydrogens is 306 g/mol. The van der Waals surface area contributed by atoms with Crippen molar-refractivity contribution in [2.75, 3.05) is 0 Å². The van der Waals surface area contributed by atoms with Gasteiger partial charge in [-0.3, -0.25) is 0 Å². The van der Waals surface area contributed by atoms with E-state index in [0.717, 1.165) is 10.2 Å². The zero-order chi connectivity index (χ0) is 13.0. The number of hydrogen-bond donors (Lipinski definition) is 1. The molecule has 0 fully saturated rings. The van der Waals surface area contributed by atoms with E-state index in [9.17, 15) is 0 Å². The van der Waals surface area contributed by atoms with Crippen molar-refractivity contribution in [2.45, 2.75) is 23.6 Å². The first-order chi connectivity index (χ1) is 8.65. The molecule has 1 atom stereocenters. The van der Waals surface area contributed by atoms with Crippen LogP contribution in [-0.2, 0) is 5.75 Å². The van der Waals surface area contributed by atoms with Crippen LogP contribution in [0.3, 0.4) is 0 Å². The minimum absolute atomic E-state index is 0.0939. The minimum Gasteiger partial charge on any atom is -0.324 e. The summed E-state index contributed by atoms with van der Waals surface area (Å²) in [6.07, 6.45) is 0. The van der Waals surface area contributed by atoms with E-state index in [2.05, 4.69) is 58.4 Å². The van der Waals surface area contributed by atoms with Crippen LogP contribution in [0.15, 0.2) is 57.9 Å². The van der Waals surface area contributed by atoms with Gasteiger partial charge in [-0.25, -0.2) is 0 Å². The third kappa shape index (κ3) is 3.87. The summed E-state index contributed by atoms with van der Waals surface area (Å²) in [4.78, 5) is 1.27. The first-order valence-corrected chi connectivity index (χ1v) is 7.66.